The number of ether oxygens (including phenoxy) is 1. The normalized spacial score (nSPS) is 15.2. The van der Waals surface area contributed by atoms with Gasteiger partial charge in [0, 0.05) is 42.4 Å². The molecule has 3 rings (SSSR count). The van der Waals surface area contributed by atoms with Gasteiger partial charge in [-0.1, -0.05) is 12.1 Å². The van der Waals surface area contributed by atoms with Crippen LogP contribution >= 0.6 is 15.9 Å². The first-order valence-electron chi connectivity index (χ1n) is 8.12. The van der Waals surface area contributed by atoms with Crippen LogP contribution in [-0.2, 0) is 4.74 Å². The summed E-state index contributed by atoms with van der Waals surface area (Å²) in [6.07, 6.45) is 0. The predicted octanol–water partition coefficient (Wildman–Crippen LogP) is 3.04. The van der Waals surface area contributed by atoms with Gasteiger partial charge in [-0.2, -0.15) is 4.98 Å². The molecule has 24 heavy (non-hydrogen) atoms. The number of nitrogens with zero attached hydrogens (tertiary/aromatic N) is 3. The maximum Gasteiger partial charge on any atom is 0.229 e. The minimum Gasteiger partial charge on any atom is -0.379 e. The number of rotatable bonds is 6. The van der Waals surface area contributed by atoms with Crippen molar-refractivity contribution in [2.24, 2.45) is 0 Å². The fourth-order valence-electron chi connectivity index (χ4n) is 2.56. The third-order valence-corrected chi connectivity index (χ3v) is 4.50. The first-order chi connectivity index (χ1) is 11.7. The van der Waals surface area contributed by atoms with E-state index in [1.54, 1.807) is 0 Å². The van der Waals surface area contributed by atoms with E-state index in [-0.39, 0.29) is 0 Å². The number of nitrogens with one attached hydrogen (secondary N) is 2. The van der Waals surface area contributed by atoms with E-state index >= 15 is 0 Å². The average molecular weight is 392 g/mol. The summed E-state index contributed by atoms with van der Waals surface area (Å²) in [6.45, 7) is 7.46. The van der Waals surface area contributed by atoms with E-state index < -0.39 is 0 Å². The molecule has 0 saturated carbocycles. The molecule has 0 bridgehead atoms. The molecule has 128 valence electrons. The Morgan fingerprint density at radius 3 is 2.79 bits per heavy atom. The summed E-state index contributed by atoms with van der Waals surface area (Å²) in [5.74, 6) is 1.43. The summed E-state index contributed by atoms with van der Waals surface area (Å²) >= 11 is 3.53. The van der Waals surface area contributed by atoms with Gasteiger partial charge in [0.25, 0.3) is 0 Å². The molecule has 1 aliphatic rings. The second-order valence-electron chi connectivity index (χ2n) is 5.70. The molecule has 1 aromatic carbocycles. The van der Waals surface area contributed by atoms with Crippen molar-refractivity contribution in [2.45, 2.75) is 6.92 Å². The first kappa shape index (κ1) is 17.1. The van der Waals surface area contributed by atoms with Gasteiger partial charge >= 0.3 is 0 Å². The van der Waals surface area contributed by atoms with Crippen molar-refractivity contribution in [3.63, 3.8) is 0 Å². The van der Waals surface area contributed by atoms with Crippen molar-refractivity contribution in [3.05, 3.63) is 40.5 Å². The van der Waals surface area contributed by atoms with Crippen molar-refractivity contribution in [3.8, 4) is 0 Å². The number of aryl methyl sites for hydroxylation is 1. The van der Waals surface area contributed by atoms with E-state index in [9.17, 15) is 0 Å². The van der Waals surface area contributed by atoms with Gasteiger partial charge in [0.15, 0.2) is 0 Å². The Balaban J connectivity index is 1.60. The molecule has 6 nitrogen and oxygen atoms in total. The van der Waals surface area contributed by atoms with E-state index in [0.29, 0.717) is 5.95 Å². The van der Waals surface area contributed by atoms with Crippen molar-refractivity contribution in [2.75, 3.05) is 50.0 Å². The smallest absolute Gasteiger partial charge is 0.229 e. The summed E-state index contributed by atoms with van der Waals surface area (Å²) < 4.78 is 6.35. The zero-order valence-corrected chi connectivity index (χ0v) is 15.3. The van der Waals surface area contributed by atoms with Crippen LogP contribution in [0, 0.1) is 6.92 Å². The van der Waals surface area contributed by atoms with Gasteiger partial charge in [-0.25, -0.2) is 4.98 Å². The van der Waals surface area contributed by atoms with Crippen LogP contribution in [0.4, 0.5) is 17.5 Å². The summed E-state index contributed by atoms with van der Waals surface area (Å²) in [4.78, 5) is 11.4. The number of halogens is 1. The quantitative estimate of drug-likeness (QED) is 0.788. The molecule has 2 heterocycles. The Kier molecular flexibility index (Phi) is 6.01. The monoisotopic (exact) mass is 391 g/mol. The Hall–Kier alpha value is -1.70. The minimum atomic E-state index is 0.593. The molecular weight excluding hydrogens is 370 g/mol. The highest BCUT2D eigenvalue weighted by atomic mass is 79.9. The second kappa shape index (κ2) is 8.41. The van der Waals surface area contributed by atoms with Gasteiger partial charge in [0.2, 0.25) is 5.95 Å². The van der Waals surface area contributed by atoms with E-state index in [2.05, 4.69) is 41.4 Å². The average Bonchev–Trinajstić information content (AvgIpc) is 2.57. The van der Waals surface area contributed by atoms with Crippen LogP contribution in [0.15, 0.2) is 34.8 Å². The van der Waals surface area contributed by atoms with E-state index in [4.69, 9.17) is 4.74 Å². The molecule has 2 aromatic rings. The molecule has 0 atom stereocenters. The van der Waals surface area contributed by atoms with Crippen molar-refractivity contribution in [1.82, 2.24) is 14.9 Å². The summed E-state index contributed by atoms with van der Waals surface area (Å²) in [6, 6.07) is 9.89. The standard InChI is InChI=1S/C17H22BrN5O/c1-13-12-16(19-6-7-23-8-10-24-11-9-23)22-17(20-13)21-15-5-3-2-4-14(15)18/h2-5,12H,6-11H2,1H3,(H2,19,20,21,22). The molecule has 1 saturated heterocycles. The second-order valence-corrected chi connectivity index (χ2v) is 6.56. The third kappa shape index (κ3) is 4.90. The molecule has 0 unspecified atom stereocenters. The lowest BCUT2D eigenvalue weighted by molar-refractivity contribution is 0.0398. The predicted molar refractivity (Wildman–Crippen MR) is 99.9 cm³/mol. The number of aromatic nitrogens is 2. The topological polar surface area (TPSA) is 62.3 Å². The lowest BCUT2D eigenvalue weighted by Gasteiger charge is -2.26. The molecule has 1 aromatic heterocycles. The highest BCUT2D eigenvalue weighted by molar-refractivity contribution is 9.10. The van der Waals surface area contributed by atoms with E-state index in [0.717, 1.165) is 61.1 Å². The van der Waals surface area contributed by atoms with Crippen LogP contribution in [0.2, 0.25) is 0 Å². The van der Waals surface area contributed by atoms with Gasteiger partial charge in [-0.15, -0.1) is 0 Å². The van der Waals surface area contributed by atoms with Gasteiger partial charge in [-0.3, -0.25) is 4.90 Å². The van der Waals surface area contributed by atoms with Crippen LogP contribution in [-0.4, -0.2) is 54.3 Å². The molecule has 7 heteroatoms. The SMILES string of the molecule is Cc1cc(NCCN2CCOCC2)nc(Nc2ccccc2Br)n1. The fraction of sp³-hybridized carbons (Fsp3) is 0.412. The lowest BCUT2D eigenvalue weighted by atomic mass is 10.3. The van der Waals surface area contributed by atoms with E-state index in [1.807, 2.05) is 37.3 Å². The number of morpholine rings is 1. The molecule has 0 aliphatic carbocycles. The molecule has 1 aliphatic heterocycles. The van der Waals surface area contributed by atoms with Crippen molar-refractivity contribution >= 4 is 33.4 Å². The van der Waals surface area contributed by atoms with Gasteiger partial charge in [0.05, 0.1) is 18.9 Å². The molecule has 2 N–H and O–H groups in total. The first-order valence-corrected chi connectivity index (χ1v) is 8.91. The minimum absolute atomic E-state index is 0.593. The van der Waals surface area contributed by atoms with Crippen molar-refractivity contribution in [1.29, 1.82) is 0 Å². The lowest BCUT2D eigenvalue weighted by Crippen LogP contribution is -2.39. The summed E-state index contributed by atoms with van der Waals surface area (Å²) in [5, 5.41) is 6.65. The number of benzene rings is 1. The fourth-order valence-corrected chi connectivity index (χ4v) is 2.95. The van der Waals surface area contributed by atoms with E-state index in [1.165, 1.54) is 0 Å². The maximum absolute atomic E-state index is 5.37. The molecule has 0 amide bonds. The Morgan fingerprint density at radius 2 is 2.00 bits per heavy atom. The third-order valence-electron chi connectivity index (χ3n) is 3.81. The van der Waals surface area contributed by atoms with Crippen LogP contribution in [0.3, 0.4) is 0 Å². The van der Waals surface area contributed by atoms with Gasteiger partial charge in [0.1, 0.15) is 5.82 Å². The number of hydrogen-bond donors (Lipinski definition) is 2. The number of anilines is 3. The molecule has 0 spiro atoms. The highest BCUT2D eigenvalue weighted by Crippen LogP contribution is 2.24. The Labute approximate surface area is 150 Å². The zero-order chi connectivity index (χ0) is 16.8. The highest BCUT2D eigenvalue weighted by Gasteiger charge is 2.10. The van der Waals surface area contributed by atoms with Crippen LogP contribution in [0.5, 0.6) is 0 Å². The molecule has 0 radical (unpaired) electrons. The van der Waals surface area contributed by atoms with Crippen LogP contribution in [0.25, 0.3) is 0 Å². The number of hydrogen-bond acceptors (Lipinski definition) is 6. The number of para-hydroxylation sites is 1. The zero-order valence-electron chi connectivity index (χ0n) is 13.8. The van der Waals surface area contributed by atoms with Gasteiger partial charge < -0.3 is 15.4 Å². The van der Waals surface area contributed by atoms with Crippen LogP contribution in [0.1, 0.15) is 5.69 Å². The Bertz CT molecular complexity index is 676. The van der Waals surface area contributed by atoms with Crippen molar-refractivity contribution < 1.29 is 4.74 Å². The summed E-state index contributed by atoms with van der Waals surface area (Å²) in [5.41, 5.74) is 1.87. The van der Waals surface area contributed by atoms with Gasteiger partial charge in [-0.05, 0) is 35.0 Å². The Morgan fingerprint density at radius 1 is 1.21 bits per heavy atom. The molecular formula is C17H22BrN5O. The largest absolute Gasteiger partial charge is 0.379 e. The van der Waals surface area contributed by atoms with Crippen LogP contribution < -0.4 is 10.6 Å². The summed E-state index contributed by atoms with van der Waals surface area (Å²) in [7, 11) is 0. The molecule has 1 fully saturated rings. The maximum atomic E-state index is 5.37.